The van der Waals surface area contributed by atoms with Crippen LogP contribution in [0.3, 0.4) is 0 Å². The van der Waals surface area contributed by atoms with E-state index in [2.05, 4.69) is 5.32 Å². The van der Waals surface area contributed by atoms with Crippen molar-refractivity contribution in [3.05, 3.63) is 29.8 Å². The second kappa shape index (κ2) is 5.83. The molecule has 1 aromatic rings. The van der Waals surface area contributed by atoms with Crippen molar-refractivity contribution in [3.8, 4) is 5.75 Å². The summed E-state index contributed by atoms with van der Waals surface area (Å²) in [5.41, 5.74) is 0.945. The van der Waals surface area contributed by atoms with Gasteiger partial charge in [-0.3, -0.25) is 4.79 Å². The molecule has 0 spiro atoms. The molecule has 4 heteroatoms. The average molecular weight is 275 g/mol. The molecule has 0 unspecified atom stereocenters. The van der Waals surface area contributed by atoms with E-state index in [1.807, 2.05) is 24.3 Å². The van der Waals surface area contributed by atoms with Crippen molar-refractivity contribution in [1.29, 1.82) is 0 Å². The molecule has 4 nitrogen and oxygen atoms in total. The van der Waals surface area contributed by atoms with Gasteiger partial charge < -0.3 is 15.2 Å². The van der Waals surface area contributed by atoms with E-state index in [0.29, 0.717) is 19.1 Å². The molecule has 2 aliphatic rings. The van der Waals surface area contributed by atoms with Gasteiger partial charge in [-0.2, -0.15) is 0 Å². The Kier molecular flexibility index (Phi) is 3.92. The van der Waals surface area contributed by atoms with Gasteiger partial charge in [-0.25, -0.2) is 0 Å². The van der Waals surface area contributed by atoms with Gasteiger partial charge in [0.2, 0.25) is 5.91 Å². The summed E-state index contributed by atoms with van der Waals surface area (Å²) < 4.78 is 5.52. The van der Waals surface area contributed by atoms with Gasteiger partial charge in [0.25, 0.3) is 0 Å². The van der Waals surface area contributed by atoms with E-state index in [0.717, 1.165) is 24.2 Å². The lowest BCUT2D eigenvalue weighted by Gasteiger charge is -2.19. The van der Waals surface area contributed by atoms with Gasteiger partial charge in [-0.15, -0.1) is 0 Å². The lowest BCUT2D eigenvalue weighted by atomic mass is 9.99. The van der Waals surface area contributed by atoms with Crippen LogP contribution in [0.1, 0.15) is 37.2 Å². The van der Waals surface area contributed by atoms with E-state index in [-0.39, 0.29) is 11.8 Å². The van der Waals surface area contributed by atoms with Gasteiger partial charge >= 0.3 is 0 Å². The van der Waals surface area contributed by atoms with Crippen LogP contribution in [0.5, 0.6) is 5.75 Å². The first kappa shape index (κ1) is 13.4. The van der Waals surface area contributed by atoms with Crippen LogP contribution in [-0.2, 0) is 4.79 Å². The SMILES string of the molecule is O=C(NC[C@@H](O)C1CCCC1)[C@@H]1COc2ccccc21. The number of carbonyl (C=O) groups excluding carboxylic acids is 1. The molecular formula is C16H21NO3. The smallest absolute Gasteiger partial charge is 0.231 e. The maximum absolute atomic E-state index is 12.2. The Morgan fingerprint density at radius 2 is 2.10 bits per heavy atom. The summed E-state index contributed by atoms with van der Waals surface area (Å²) >= 11 is 0. The maximum atomic E-state index is 12.2. The van der Waals surface area contributed by atoms with Crippen LogP contribution < -0.4 is 10.1 Å². The lowest BCUT2D eigenvalue weighted by molar-refractivity contribution is -0.123. The first-order valence-corrected chi connectivity index (χ1v) is 7.43. The number of aliphatic hydroxyl groups excluding tert-OH is 1. The molecule has 1 aliphatic heterocycles. The molecule has 1 heterocycles. The number of hydrogen-bond donors (Lipinski definition) is 2. The van der Waals surface area contributed by atoms with Crippen molar-refractivity contribution >= 4 is 5.91 Å². The molecule has 0 bridgehead atoms. The molecule has 1 aromatic carbocycles. The third kappa shape index (κ3) is 2.66. The quantitative estimate of drug-likeness (QED) is 0.881. The first-order chi connectivity index (χ1) is 9.75. The topological polar surface area (TPSA) is 58.6 Å². The number of rotatable bonds is 4. The zero-order valence-electron chi connectivity index (χ0n) is 11.5. The van der Waals surface area contributed by atoms with E-state index in [9.17, 15) is 9.90 Å². The molecule has 0 aromatic heterocycles. The summed E-state index contributed by atoms with van der Waals surface area (Å²) in [7, 11) is 0. The normalized spacial score (nSPS) is 23.1. The van der Waals surface area contributed by atoms with Gasteiger partial charge in [0.15, 0.2) is 0 Å². The van der Waals surface area contributed by atoms with E-state index in [1.165, 1.54) is 12.8 Å². The molecule has 2 N–H and O–H groups in total. The average Bonchev–Trinajstić information content (AvgIpc) is 3.13. The fourth-order valence-electron chi connectivity index (χ4n) is 3.22. The standard InChI is InChI=1S/C16H21NO3/c18-14(11-5-1-2-6-11)9-17-16(19)13-10-20-15-8-4-3-7-12(13)15/h3-4,7-8,11,13-14,18H,1-2,5-6,9-10H2,(H,17,19)/t13-,14-/m1/s1. The molecule has 1 aliphatic carbocycles. The second-order valence-corrected chi connectivity index (χ2v) is 5.76. The molecule has 2 atom stereocenters. The Balaban J connectivity index is 1.55. The molecular weight excluding hydrogens is 254 g/mol. The summed E-state index contributed by atoms with van der Waals surface area (Å²) in [6, 6.07) is 7.64. The lowest BCUT2D eigenvalue weighted by Crippen LogP contribution is -2.38. The minimum Gasteiger partial charge on any atom is -0.492 e. The van der Waals surface area contributed by atoms with Crippen molar-refractivity contribution in [1.82, 2.24) is 5.32 Å². The molecule has 3 rings (SSSR count). The fourth-order valence-corrected chi connectivity index (χ4v) is 3.22. The van der Waals surface area contributed by atoms with Crippen LogP contribution >= 0.6 is 0 Å². The number of benzene rings is 1. The number of ether oxygens (including phenoxy) is 1. The van der Waals surface area contributed by atoms with Crippen molar-refractivity contribution in [2.45, 2.75) is 37.7 Å². The fraction of sp³-hybridized carbons (Fsp3) is 0.562. The van der Waals surface area contributed by atoms with E-state index in [4.69, 9.17) is 4.74 Å². The molecule has 0 saturated heterocycles. The highest BCUT2D eigenvalue weighted by Crippen LogP contribution is 2.33. The van der Waals surface area contributed by atoms with Crippen LogP contribution in [-0.4, -0.2) is 30.3 Å². The summed E-state index contributed by atoms with van der Waals surface area (Å²) in [5, 5.41) is 13.0. The molecule has 1 fully saturated rings. The minimum atomic E-state index is -0.418. The Bertz CT molecular complexity index is 482. The van der Waals surface area contributed by atoms with Crippen molar-refractivity contribution in [2.24, 2.45) is 5.92 Å². The first-order valence-electron chi connectivity index (χ1n) is 7.43. The number of para-hydroxylation sites is 1. The predicted molar refractivity (Wildman–Crippen MR) is 75.7 cm³/mol. The van der Waals surface area contributed by atoms with Gasteiger partial charge in [0, 0.05) is 12.1 Å². The maximum Gasteiger partial charge on any atom is 0.231 e. The molecule has 20 heavy (non-hydrogen) atoms. The minimum absolute atomic E-state index is 0.0491. The van der Waals surface area contributed by atoms with Crippen LogP contribution in [0.25, 0.3) is 0 Å². The highest BCUT2D eigenvalue weighted by Gasteiger charge is 2.31. The van der Waals surface area contributed by atoms with E-state index >= 15 is 0 Å². The molecule has 1 amide bonds. The van der Waals surface area contributed by atoms with Crippen LogP contribution in [0, 0.1) is 5.92 Å². The van der Waals surface area contributed by atoms with Gasteiger partial charge in [0.05, 0.1) is 6.10 Å². The Labute approximate surface area is 119 Å². The largest absolute Gasteiger partial charge is 0.492 e. The van der Waals surface area contributed by atoms with Gasteiger partial charge in [0.1, 0.15) is 18.3 Å². The van der Waals surface area contributed by atoms with Gasteiger partial charge in [-0.05, 0) is 24.8 Å². The molecule has 1 saturated carbocycles. The summed E-state index contributed by atoms with van der Waals surface area (Å²) in [4.78, 5) is 12.2. The van der Waals surface area contributed by atoms with Crippen LogP contribution in [0.15, 0.2) is 24.3 Å². The Morgan fingerprint density at radius 1 is 1.35 bits per heavy atom. The van der Waals surface area contributed by atoms with E-state index < -0.39 is 6.10 Å². The number of carbonyl (C=O) groups is 1. The van der Waals surface area contributed by atoms with Crippen molar-refractivity contribution in [2.75, 3.05) is 13.2 Å². The zero-order valence-corrected chi connectivity index (χ0v) is 11.5. The van der Waals surface area contributed by atoms with Gasteiger partial charge in [-0.1, -0.05) is 31.0 Å². The third-order valence-corrected chi connectivity index (χ3v) is 4.45. The third-order valence-electron chi connectivity index (χ3n) is 4.45. The highest BCUT2D eigenvalue weighted by atomic mass is 16.5. The van der Waals surface area contributed by atoms with Crippen LogP contribution in [0.4, 0.5) is 0 Å². The van der Waals surface area contributed by atoms with Crippen LogP contribution in [0.2, 0.25) is 0 Å². The molecule has 0 radical (unpaired) electrons. The van der Waals surface area contributed by atoms with Crippen molar-refractivity contribution in [3.63, 3.8) is 0 Å². The Hall–Kier alpha value is -1.55. The van der Waals surface area contributed by atoms with E-state index in [1.54, 1.807) is 0 Å². The number of fused-ring (bicyclic) bond motifs is 1. The van der Waals surface area contributed by atoms with Crippen molar-refractivity contribution < 1.29 is 14.6 Å². The summed E-state index contributed by atoms with van der Waals surface area (Å²) in [6.45, 7) is 0.743. The number of nitrogens with one attached hydrogen (secondary N) is 1. The number of amides is 1. The predicted octanol–water partition coefficient (Wildman–Crippen LogP) is 1.83. The second-order valence-electron chi connectivity index (χ2n) is 5.76. The number of aliphatic hydroxyl groups is 1. The highest BCUT2D eigenvalue weighted by molar-refractivity contribution is 5.85. The summed E-state index contributed by atoms with van der Waals surface area (Å²) in [5.74, 6) is 0.848. The zero-order chi connectivity index (χ0) is 13.9. The summed E-state index contributed by atoms with van der Waals surface area (Å²) in [6.07, 6.45) is 4.12. The molecule has 108 valence electrons. The Morgan fingerprint density at radius 3 is 2.90 bits per heavy atom. The number of hydrogen-bond acceptors (Lipinski definition) is 3. The monoisotopic (exact) mass is 275 g/mol.